The van der Waals surface area contributed by atoms with E-state index in [4.69, 9.17) is 21.6 Å². The van der Waals surface area contributed by atoms with E-state index in [2.05, 4.69) is 25.0 Å². The summed E-state index contributed by atoms with van der Waals surface area (Å²) >= 11 is 6.19. The minimum absolute atomic E-state index is 0.175. The third-order valence-electron chi connectivity index (χ3n) is 2.70. The lowest BCUT2D eigenvalue weighted by molar-refractivity contribution is 0.181. The van der Waals surface area contributed by atoms with Crippen LogP contribution in [0.5, 0.6) is 0 Å². The Kier molecular flexibility index (Phi) is 3.06. The van der Waals surface area contributed by atoms with Crippen molar-refractivity contribution >= 4 is 22.8 Å². The summed E-state index contributed by atoms with van der Waals surface area (Å²) in [6.45, 7) is 0.187. The monoisotopic (exact) mass is 289 g/mol. The number of halogens is 1. The molecule has 0 radical (unpaired) electrons. The van der Waals surface area contributed by atoms with Crippen LogP contribution in [-0.4, -0.2) is 36.8 Å². The highest BCUT2D eigenvalue weighted by Crippen LogP contribution is 2.25. The van der Waals surface area contributed by atoms with Gasteiger partial charge in [-0.2, -0.15) is 15.0 Å². The number of ether oxygens (including phenoxy) is 1. The number of H-pyrrole nitrogens is 1. The van der Waals surface area contributed by atoms with Gasteiger partial charge < -0.3 is 9.72 Å². The number of hydrogen-bond acceptors (Lipinski definition) is 6. The Hall–Kier alpha value is -2.50. The quantitative estimate of drug-likeness (QED) is 0.777. The lowest BCUT2D eigenvalue weighted by atomic mass is 10.3. The molecule has 0 unspecified atom stereocenters. The number of aromatic nitrogens is 6. The van der Waals surface area contributed by atoms with Crippen LogP contribution in [0.15, 0.2) is 12.7 Å². The van der Waals surface area contributed by atoms with E-state index in [0.29, 0.717) is 22.7 Å². The van der Waals surface area contributed by atoms with Crippen molar-refractivity contribution < 1.29 is 4.74 Å². The molecular weight excluding hydrogens is 282 g/mol. The molecule has 1 N–H and O–H groups in total. The molecule has 3 aromatic rings. The zero-order chi connectivity index (χ0) is 14.1. The molecule has 3 rings (SSSR count). The summed E-state index contributed by atoms with van der Waals surface area (Å²) in [6.07, 6.45) is 2.86. The van der Waals surface area contributed by atoms with E-state index in [1.54, 1.807) is 0 Å². The van der Waals surface area contributed by atoms with E-state index < -0.39 is 0 Å². The molecule has 20 heavy (non-hydrogen) atoms. The Balaban J connectivity index is 2.25. The molecule has 3 aromatic heterocycles. The van der Waals surface area contributed by atoms with Crippen LogP contribution in [0.1, 0.15) is 11.3 Å². The molecule has 0 fully saturated rings. The van der Waals surface area contributed by atoms with Crippen LogP contribution in [0.2, 0.25) is 5.15 Å². The molecule has 0 aliphatic rings. The summed E-state index contributed by atoms with van der Waals surface area (Å²) in [4.78, 5) is 15.1. The normalized spacial score (nSPS) is 10.8. The van der Waals surface area contributed by atoms with Crippen molar-refractivity contribution in [1.29, 1.82) is 5.26 Å². The number of nitriles is 1. The molecule has 9 heteroatoms. The number of aromatic amines is 1. The predicted molar refractivity (Wildman–Crippen MR) is 69.2 cm³/mol. The first-order valence-corrected chi connectivity index (χ1v) is 5.95. The second kappa shape index (κ2) is 4.88. The Labute approximate surface area is 118 Å². The van der Waals surface area contributed by atoms with E-state index in [1.165, 1.54) is 24.4 Å². The fraction of sp³-hybridized carbons (Fsp3) is 0.182. The van der Waals surface area contributed by atoms with Crippen LogP contribution in [-0.2, 0) is 11.3 Å². The summed E-state index contributed by atoms with van der Waals surface area (Å²) in [5, 5.41) is 13.6. The maximum Gasteiger partial charge on any atom is 0.184 e. The van der Waals surface area contributed by atoms with Crippen LogP contribution in [0, 0.1) is 11.3 Å². The Morgan fingerprint density at radius 1 is 1.45 bits per heavy atom. The topological polar surface area (TPSA) is 105 Å². The average molecular weight is 290 g/mol. The number of hydrogen-bond donors (Lipinski definition) is 1. The molecule has 0 saturated heterocycles. The zero-order valence-electron chi connectivity index (χ0n) is 10.3. The molecule has 0 atom stereocenters. The van der Waals surface area contributed by atoms with E-state index in [-0.39, 0.29) is 17.3 Å². The fourth-order valence-corrected chi connectivity index (χ4v) is 2.11. The maximum atomic E-state index is 9.16. The smallest absolute Gasteiger partial charge is 0.184 e. The number of nitrogens with zero attached hydrogens (tertiary/aromatic N) is 6. The maximum absolute atomic E-state index is 9.16. The van der Waals surface area contributed by atoms with Gasteiger partial charge in [0.05, 0.1) is 12.9 Å². The van der Waals surface area contributed by atoms with Crippen molar-refractivity contribution in [3.05, 3.63) is 29.1 Å². The van der Waals surface area contributed by atoms with E-state index >= 15 is 0 Å². The van der Waals surface area contributed by atoms with Crippen molar-refractivity contribution in [2.75, 3.05) is 7.11 Å². The molecule has 0 amide bonds. The standard InChI is InChI=1S/C11H8ClN7O/c1-20-3-7-6(2-13)9(12)19(18-7)11-8-10(15-4-14-8)16-5-17-11/h4-5H,3H2,1H3,(H,14,15,16,17). The van der Waals surface area contributed by atoms with Gasteiger partial charge in [0.15, 0.2) is 16.6 Å². The zero-order valence-corrected chi connectivity index (χ0v) is 11.1. The van der Waals surface area contributed by atoms with E-state index in [1.807, 2.05) is 6.07 Å². The first-order valence-electron chi connectivity index (χ1n) is 5.57. The van der Waals surface area contributed by atoms with Gasteiger partial charge in [-0.1, -0.05) is 11.6 Å². The largest absolute Gasteiger partial charge is 0.378 e. The molecular formula is C11H8ClN7O. The van der Waals surface area contributed by atoms with Gasteiger partial charge in [0.2, 0.25) is 0 Å². The third-order valence-corrected chi connectivity index (χ3v) is 3.05. The lowest BCUT2D eigenvalue weighted by Gasteiger charge is -2.02. The minimum Gasteiger partial charge on any atom is -0.378 e. The first-order chi connectivity index (χ1) is 9.76. The molecule has 0 aromatic carbocycles. The van der Waals surface area contributed by atoms with Crippen molar-refractivity contribution in [2.24, 2.45) is 0 Å². The highest BCUT2D eigenvalue weighted by molar-refractivity contribution is 6.31. The van der Waals surface area contributed by atoms with Gasteiger partial charge >= 0.3 is 0 Å². The van der Waals surface area contributed by atoms with Gasteiger partial charge in [-0.3, -0.25) is 0 Å². The van der Waals surface area contributed by atoms with Gasteiger partial charge in [0.25, 0.3) is 0 Å². The number of rotatable bonds is 3. The summed E-state index contributed by atoms with van der Waals surface area (Å²) in [6, 6.07) is 2.02. The summed E-state index contributed by atoms with van der Waals surface area (Å²) < 4.78 is 6.38. The number of fused-ring (bicyclic) bond motifs is 1. The van der Waals surface area contributed by atoms with Crippen molar-refractivity contribution in [3.63, 3.8) is 0 Å². The van der Waals surface area contributed by atoms with E-state index in [0.717, 1.165) is 0 Å². The molecule has 0 spiro atoms. The Morgan fingerprint density at radius 3 is 3.05 bits per heavy atom. The Bertz CT molecular complexity index is 816. The molecule has 8 nitrogen and oxygen atoms in total. The number of nitrogens with one attached hydrogen (secondary N) is 1. The number of imidazole rings is 1. The minimum atomic E-state index is 0.175. The summed E-state index contributed by atoms with van der Waals surface area (Å²) in [5.41, 5.74) is 1.80. The fourth-order valence-electron chi connectivity index (χ4n) is 1.84. The van der Waals surface area contributed by atoms with Gasteiger partial charge in [-0.05, 0) is 0 Å². The van der Waals surface area contributed by atoms with Gasteiger partial charge in [-0.15, -0.1) is 0 Å². The van der Waals surface area contributed by atoms with Crippen LogP contribution in [0.3, 0.4) is 0 Å². The second-order valence-corrected chi connectivity index (χ2v) is 4.23. The number of methoxy groups -OCH3 is 1. The van der Waals surface area contributed by atoms with Crippen LogP contribution in [0.4, 0.5) is 0 Å². The highest BCUT2D eigenvalue weighted by atomic mass is 35.5. The molecule has 0 bridgehead atoms. The molecule has 0 aliphatic heterocycles. The molecule has 3 heterocycles. The molecule has 0 aliphatic carbocycles. The van der Waals surface area contributed by atoms with Crippen LogP contribution in [0.25, 0.3) is 17.0 Å². The highest BCUT2D eigenvalue weighted by Gasteiger charge is 2.20. The Morgan fingerprint density at radius 2 is 2.30 bits per heavy atom. The van der Waals surface area contributed by atoms with Gasteiger partial charge in [0, 0.05) is 7.11 Å². The van der Waals surface area contributed by atoms with Gasteiger partial charge in [0.1, 0.15) is 29.2 Å². The van der Waals surface area contributed by atoms with Crippen LogP contribution >= 0.6 is 11.6 Å². The van der Waals surface area contributed by atoms with Gasteiger partial charge in [-0.25, -0.2) is 15.0 Å². The van der Waals surface area contributed by atoms with Crippen molar-refractivity contribution in [1.82, 2.24) is 29.7 Å². The average Bonchev–Trinajstić information content (AvgIpc) is 3.03. The third kappa shape index (κ3) is 1.80. The summed E-state index contributed by atoms with van der Waals surface area (Å²) in [7, 11) is 1.52. The van der Waals surface area contributed by atoms with E-state index in [9.17, 15) is 0 Å². The van der Waals surface area contributed by atoms with Crippen molar-refractivity contribution in [2.45, 2.75) is 6.61 Å². The summed E-state index contributed by atoms with van der Waals surface area (Å²) in [5.74, 6) is 0.427. The van der Waals surface area contributed by atoms with Crippen LogP contribution < -0.4 is 0 Å². The molecule has 0 saturated carbocycles. The first kappa shape index (κ1) is 12.5. The lowest BCUT2D eigenvalue weighted by Crippen LogP contribution is -2.02. The van der Waals surface area contributed by atoms with Crippen molar-refractivity contribution in [3.8, 4) is 11.9 Å². The second-order valence-electron chi connectivity index (χ2n) is 3.87. The SMILES string of the molecule is COCc1nn(-c2ncnc3nc[nH]c23)c(Cl)c1C#N. The molecule has 100 valence electrons. The predicted octanol–water partition coefficient (Wildman–Crippen LogP) is 1.21.